The Kier molecular flexibility index (Phi) is 4.32. The first-order valence-corrected chi connectivity index (χ1v) is 7.54. The van der Waals surface area contributed by atoms with Crippen LogP contribution in [-0.4, -0.2) is 22.6 Å². The van der Waals surface area contributed by atoms with Crippen molar-refractivity contribution in [3.8, 4) is 6.07 Å². The summed E-state index contributed by atoms with van der Waals surface area (Å²) in [6.45, 7) is 3.32. The molecule has 2 heterocycles. The van der Waals surface area contributed by atoms with Crippen LogP contribution in [0.4, 0.5) is 0 Å². The highest BCUT2D eigenvalue weighted by molar-refractivity contribution is 5.33. The molecule has 0 bridgehead atoms. The van der Waals surface area contributed by atoms with Gasteiger partial charge in [0.05, 0.1) is 18.0 Å². The molecule has 4 heteroatoms. The van der Waals surface area contributed by atoms with Gasteiger partial charge in [-0.1, -0.05) is 12.1 Å². The number of rotatable bonds is 4. The van der Waals surface area contributed by atoms with Gasteiger partial charge >= 0.3 is 0 Å². The van der Waals surface area contributed by atoms with Crippen LogP contribution in [0.25, 0.3) is 0 Å². The topological polar surface area (TPSA) is 53.6 Å². The lowest BCUT2D eigenvalue weighted by Gasteiger charge is -2.23. The van der Waals surface area contributed by atoms with Gasteiger partial charge < -0.3 is 9.88 Å². The summed E-state index contributed by atoms with van der Waals surface area (Å²) in [5.41, 5.74) is 3.18. The van der Waals surface area contributed by atoms with Crippen LogP contribution in [0.1, 0.15) is 29.7 Å². The Morgan fingerprint density at radius 1 is 1.24 bits per heavy atom. The molecule has 2 aromatic rings. The fraction of sp³-hybridized carbons (Fsp3) is 0.412. The maximum atomic E-state index is 8.84. The fourth-order valence-corrected chi connectivity index (χ4v) is 2.91. The maximum absolute atomic E-state index is 8.84. The Balaban J connectivity index is 1.68. The fourth-order valence-electron chi connectivity index (χ4n) is 2.91. The highest BCUT2D eigenvalue weighted by Crippen LogP contribution is 2.17. The quantitative estimate of drug-likeness (QED) is 0.935. The van der Waals surface area contributed by atoms with E-state index in [1.165, 1.54) is 24.1 Å². The minimum atomic E-state index is 0.710. The molecule has 108 valence electrons. The Hall–Kier alpha value is -2.12. The van der Waals surface area contributed by atoms with Crippen molar-refractivity contribution in [2.45, 2.75) is 25.8 Å². The number of hydrogen-bond donors (Lipinski definition) is 1. The summed E-state index contributed by atoms with van der Waals surface area (Å²) in [6, 6.07) is 9.97. The number of aromatic nitrogens is 2. The molecule has 4 nitrogen and oxygen atoms in total. The molecule has 1 aromatic heterocycles. The third-order valence-electron chi connectivity index (χ3n) is 4.18. The number of nitriles is 1. The molecular formula is C17H20N4. The molecule has 1 N–H and O–H groups in total. The Bertz CT molecular complexity index is 615. The predicted molar refractivity (Wildman–Crippen MR) is 81.8 cm³/mol. The van der Waals surface area contributed by atoms with Gasteiger partial charge in [-0.05, 0) is 49.5 Å². The van der Waals surface area contributed by atoms with Crippen LogP contribution >= 0.6 is 0 Å². The summed E-state index contributed by atoms with van der Waals surface area (Å²) < 4.78 is 2.29. The van der Waals surface area contributed by atoms with Gasteiger partial charge in [0.2, 0.25) is 0 Å². The first-order chi connectivity index (χ1) is 10.3. The molecule has 0 radical (unpaired) electrons. The van der Waals surface area contributed by atoms with Crippen LogP contribution in [0, 0.1) is 17.2 Å². The Morgan fingerprint density at radius 3 is 2.71 bits per heavy atom. The summed E-state index contributed by atoms with van der Waals surface area (Å²) in [6.07, 6.45) is 7.26. The standard InChI is InChI=1S/C17H20N4/c18-10-15-3-1-14(2-4-15)9-17-11-20-13-21(17)12-16-5-7-19-8-6-16/h1-4,11,13,16,19H,5-9,12H2. The van der Waals surface area contributed by atoms with Gasteiger partial charge in [0, 0.05) is 24.9 Å². The third kappa shape index (κ3) is 3.50. The molecule has 1 aliphatic rings. The lowest BCUT2D eigenvalue weighted by molar-refractivity contribution is 0.330. The summed E-state index contributed by atoms with van der Waals surface area (Å²) in [7, 11) is 0. The Labute approximate surface area is 125 Å². The van der Waals surface area contributed by atoms with E-state index in [1.54, 1.807) is 0 Å². The number of imidazole rings is 1. The first kappa shape index (κ1) is 13.8. The van der Waals surface area contributed by atoms with Crippen LogP contribution < -0.4 is 5.32 Å². The van der Waals surface area contributed by atoms with Crippen LogP contribution in [0.5, 0.6) is 0 Å². The van der Waals surface area contributed by atoms with Crippen LogP contribution in [0.3, 0.4) is 0 Å². The molecular weight excluding hydrogens is 260 g/mol. The zero-order chi connectivity index (χ0) is 14.5. The lowest BCUT2D eigenvalue weighted by atomic mass is 9.98. The van der Waals surface area contributed by atoms with Gasteiger partial charge in [-0.3, -0.25) is 0 Å². The molecule has 0 atom stereocenters. The predicted octanol–water partition coefficient (Wildman–Crippen LogP) is 2.35. The minimum Gasteiger partial charge on any atom is -0.334 e. The van der Waals surface area contributed by atoms with Crippen molar-refractivity contribution in [3.05, 3.63) is 53.6 Å². The second-order valence-electron chi connectivity index (χ2n) is 5.72. The summed E-state index contributed by atoms with van der Waals surface area (Å²) in [4.78, 5) is 4.31. The second-order valence-corrected chi connectivity index (χ2v) is 5.72. The van der Waals surface area contributed by atoms with E-state index >= 15 is 0 Å². The average molecular weight is 280 g/mol. The van der Waals surface area contributed by atoms with Gasteiger partial charge in [0.15, 0.2) is 0 Å². The van der Waals surface area contributed by atoms with E-state index in [0.29, 0.717) is 5.56 Å². The normalized spacial score (nSPS) is 15.8. The molecule has 1 saturated heterocycles. The SMILES string of the molecule is N#Cc1ccc(Cc2cncn2CC2CCNCC2)cc1. The highest BCUT2D eigenvalue weighted by atomic mass is 15.0. The zero-order valence-corrected chi connectivity index (χ0v) is 12.1. The molecule has 0 spiro atoms. The summed E-state index contributed by atoms with van der Waals surface area (Å²) in [5.74, 6) is 0.750. The molecule has 1 fully saturated rings. The first-order valence-electron chi connectivity index (χ1n) is 7.54. The van der Waals surface area contributed by atoms with E-state index in [9.17, 15) is 0 Å². The molecule has 0 aliphatic carbocycles. The van der Waals surface area contributed by atoms with Crippen molar-refractivity contribution in [1.82, 2.24) is 14.9 Å². The van der Waals surface area contributed by atoms with E-state index in [-0.39, 0.29) is 0 Å². The van der Waals surface area contributed by atoms with Crippen molar-refractivity contribution in [2.24, 2.45) is 5.92 Å². The average Bonchev–Trinajstić information content (AvgIpc) is 2.96. The number of nitrogens with one attached hydrogen (secondary N) is 1. The van der Waals surface area contributed by atoms with Crippen molar-refractivity contribution < 1.29 is 0 Å². The number of nitrogens with zero attached hydrogens (tertiary/aromatic N) is 3. The molecule has 0 unspecified atom stereocenters. The van der Waals surface area contributed by atoms with Crippen LogP contribution in [0.15, 0.2) is 36.8 Å². The van der Waals surface area contributed by atoms with Gasteiger partial charge in [-0.15, -0.1) is 0 Å². The van der Waals surface area contributed by atoms with E-state index in [4.69, 9.17) is 5.26 Å². The Morgan fingerprint density at radius 2 is 2.00 bits per heavy atom. The third-order valence-corrected chi connectivity index (χ3v) is 4.18. The molecule has 1 aliphatic heterocycles. The van der Waals surface area contributed by atoms with Crippen molar-refractivity contribution in [3.63, 3.8) is 0 Å². The molecule has 0 saturated carbocycles. The monoisotopic (exact) mass is 280 g/mol. The van der Waals surface area contributed by atoms with E-state index in [2.05, 4.69) is 20.9 Å². The molecule has 0 amide bonds. The van der Waals surface area contributed by atoms with Gasteiger partial charge in [-0.25, -0.2) is 4.98 Å². The maximum Gasteiger partial charge on any atom is 0.0991 e. The zero-order valence-electron chi connectivity index (χ0n) is 12.1. The number of benzene rings is 1. The van der Waals surface area contributed by atoms with Gasteiger partial charge in [0.1, 0.15) is 0 Å². The van der Waals surface area contributed by atoms with Gasteiger partial charge in [-0.2, -0.15) is 5.26 Å². The van der Waals surface area contributed by atoms with Gasteiger partial charge in [0.25, 0.3) is 0 Å². The van der Waals surface area contributed by atoms with Crippen molar-refractivity contribution in [2.75, 3.05) is 13.1 Å². The van der Waals surface area contributed by atoms with Crippen LogP contribution in [0.2, 0.25) is 0 Å². The van der Waals surface area contributed by atoms with Crippen molar-refractivity contribution in [1.29, 1.82) is 5.26 Å². The molecule has 21 heavy (non-hydrogen) atoms. The molecule has 3 rings (SSSR count). The highest BCUT2D eigenvalue weighted by Gasteiger charge is 2.15. The van der Waals surface area contributed by atoms with Crippen molar-refractivity contribution >= 4 is 0 Å². The van der Waals surface area contributed by atoms with E-state index in [1.807, 2.05) is 36.8 Å². The summed E-state index contributed by atoms with van der Waals surface area (Å²) >= 11 is 0. The second kappa shape index (κ2) is 6.55. The summed E-state index contributed by atoms with van der Waals surface area (Å²) in [5, 5.41) is 12.3. The number of hydrogen-bond acceptors (Lipinski definition) is 3. The number of piperidine rings is 1. The largest absolute Gasteiger partial charge is 0.334 e. The molecule has 1 aromatic carbocycles. The minimum absolute atomic E-state index is 0.710. The van der Waals surface area contributed by atoms with E-state index in [0.717, 1.165) is 32.0 Å². The lowest BCUT2D eigenvalue weighted by Crippen LogP contribution is -2.30. The smallest absolute Gasteiger partial charge is 0.0991 e. The van der Waals surface area contributed by atoms with E-state index < -0.39 is 0 Å². The van der Waals surface area contributed by atoms with Crippen LogP contribution in [-0.2, 0) is 13.0 Å².